The predicted molar refractivity (Wildman–Crippen MR) is 110 cm³/mol. The molecule has 7 nitrogen and oxygen atoms in total. The minimum Gasteiger partial charge on any atom is -0.481 e. The summed E-state index contributed by atoms with van der Waals surface area (Å²) in [5, 5.41) is 15.8. The summed E-state index contributed by atoms with van der Waals surface area (Å²) in [7, 11) is -3.87. The number of aliphatic carboxylic acids is 1. The molecule has 29 heavy (non-hydrogen) atoms. The SMILES string of the molecule is CCCCCC1(CC(=O)O)Nc2ccc(NS(=O)(=O)c3ccc(F)cc3)cc2N1. The van der Waals surface area contributed by atoms with Gasteiger partial charge in [0.15, 0.2) is 0 Å². The Balaban J connectivity index is 1.80. The van der Waals surface area contributed by atoms with Gasteiger partial charge in [0, 0.05) is 0 Å². The van der Waals surface area contributed by atoms with E-state index in [9.17, 15) is 22.7 Å². The van der Waals surface area contributed by atoms with Crippen molar-refractivity contribution in [2.75, 3.05) is 15.4 Å². The molecule has 2 aromatic rings. The first-order valence-corrected chi connectivity index (χ1v) is 10.9. The zero-order valence-electron chi connectivity index (χ0n) is 16.0. The molecule has 1 aliphatic heterocycles. The normalized spacial score (nSPS) is 17.9. The molecule has 3 rings (SSSR count). The number of carboxylic acids is 1. The molecule has 0 bridgehead atoms. The maximum atomic E-state index is 13.1. The monoisotopic (exact) mass is 421 g/mol. The molecule has 156 valence electrons. The maximum Gasteiger partial charge on any atom is 0.307 e. The zero-order chi connectivity index (χ0) is 21.1. The molecule has 0 aliphatic carbocycles. The van der Waals surface area contributed by atoms with Crippen molar-refractivity contribution in [2.24, 2.45) is 0 Å². The Labute approximate surface area is 169 Å². The molecule has 0 spiro atoms. The van der Waals surface area contributed by atoms with Crippen LogP contribution >= 0.6 is 0 Å². The lowest BCUT2D eigenvalue weighted by Gasteiger charge is -2.29. The van der Waals surface area contributed by atoms with Gasteiger partial charge in [-0.1, -0.05) is 19.8 Å². The number of anilines is 3. The van der Waals surface area contributed by atoms with Gasteiger partial charge in [0.1, 0.15) is 11.5 Å². The highest BCUT2D eigenvalue weighted by Crippen LogP contribution is 2.40. The minimum absolute atomic E-state index is 0.0507. The molecule has 4 N–H and O–H groups in total. The number of rotatable bonds is 9. The van der Waals surface area contributed by atoms with Crippen LogP contribution < -0.4 is 15.4 Å². The van der Waals surface area contributed by atoms with E-state index in [0.717, 1.165) is 31.4 Å². The first-order valence-electron chi connectivity index (χ1n) is 9.44. The van der Waals surface area contributed by atoms with Crippen LogP contribution in [0.5, 0.6) is 0 Å². The summed E-state index contributed by atoms with van der Waals surface area (Å²) in [6.07, 6.45) is 3.39. The fraction of sp³-hybridized carbons (Fsp3) is 0.350. The minimum atomic E-state index is -3.87. The van der Waals surface area contributed by atoms with Gasteiger partial charge in [0.25, 0.3) is 10.0 Å². The molecule has 1 unspecified atom stereocenters. The van der Waals surface area contributed by atoms with Crippen LogP contribution in [0.4, 0.5) is 21.5 Å². The summed E-state index contributed by atoms with van der Waals surface area (Å²) in [4.78, 5) is 11.3. The molecule has 1 aliphatic rings. The number of halogens is 1. The third kappa shape index (κ3) is 4.97. The highest BCUT2D eigenvalue weighted by Gasteiger charge is 2.38. The summed E-state index contributed by atoms with van der Waals surface area (Å²) < 4.78 is 40.5. The van der Waals surface area contributed by atoms with Gasteiger partial charge in [0.05, 0.1) is 28.4 Å². The molecular formula is C20H24FN3O4S. The summed E-state index contributed by atoms with van der Waals surface area (Å²) in [5.41, 5.74) is 0.856. The average molecular weight is 421 g/mol. The Morgan fingerprint density at radius 1 is 1.10 bits per heavy atom. The number of fused-ring (bicyclic) bond motifs is 1. The molecule has 0 amide bonds. The second kappa shape index (κ2) is 8.28. The standard InChI is InChI=1S/C20H24FN3O4S/c1-2-3-4-11-20(13-19(25)26)22-17-10-7-15(12-18(17)23-20)24-29(27,28)16-8-5-14(21)6-9-16/h5-10,12,22-24H,2-4,11,13H2,1H3,(H,25,26). The Hall–Kier alpha value is -2.81. The second-order valence-electron chi connectivity index (χ2n) is 7.18. The Bertz CT molecular complexity index is 995. The number of hydrogen-bond donors (Lipinski definition) is 4. The topological polar surface area (TPSA) is 108 Å². The van der Waals surface area contributed by atoms with Gasteiger partial charge in [-0.05, 0) is 55.3 Å². The molecule has 0 saturated heterocycles. The number of carbonyl (C=O) groups is 1. The number of benzene rings is 2. The molecule has 2 aromatic carbocycles. The lowest BCUT2D eigenvalue weighted by Crippen LogP contribution is -2.43. The molecule has 0 saturated carbocycles. The van der Waals surface area contributed by atoms with Crippen molar-refractivity contribution >= 4 is 33.1 Å². The number of carboxylic acid groups (broad SMARTS) is 1. The van der Waals surface area contributed by atoms with Crippen molar-refractivity contribution in [3.63, 3.8) is 0 Å². The van der Waals surface area contributed by atoms with Gasteiger partial charge < -0.3 is 15.7 Å². The van der Waals surface area contributed by atoms with E-state index in [4.69, 9.17) is 0 Å². The van der Waals surface area contributed by atoms with E-state index in [1.807, 2.05) is 0 Å². The second-order valence-corrected chi connectivity index (χ2v) is 8.86. The highest BCUT2D eigenvalue weighted by atomic mass is 32.2. The van der Waals surface area contributed by atoms with Crippen molar-refractivity contribution in [1.29, 1.82) is 0 Å². The van der Waals surface area contributed by atoms with Crippen LogP contribution in [0.2, 0.25) is 0 Å². The van der Waals surface area contributed by atoms with Crippen molar-refractivity contribution in [3.8, 4) is 0 Å². The van der Waals surface area contributed by atoms with Crippen molar-refractivity contribution in [2.45, 2.75) is 49.6 Å². The third-order valence-corrected chi connectivity index (χ3v) is 6.20. The molecule has 0 aromatic heterocycles. The van der Waals surface area contributed by atoms with Crippen LogP contribution in [0.1, 0.15) is 39.0 Å². The summed E-state index contributed by atoms with van der Waals surface area (Å²) in [6, 6.07) is 9.46. The van der Waals surface area contributed by atoms with E-state index in [1.54, 1.807) is 18.2 Å². The molecular weight excluding hydrogens is 397 g/mol. The van der Waals surface area contributed by atoms with Crippen molar-refractivity contribution < 1.29 is 22.7 Å². The maximum absolute atomic E-state index is 13.1. The quantitative estimate of drug-likeness (QED) is 0.452. The van der Waals surface area contributed by atoms with Crippen LogP contribution in [0.15, 0.2) is 47.4 Å². The Morgan fingerprint density at radius 2 is 1.79 bits per heavy atom. The first-order chi connectivity index (χ1) is 13.7. The third-order valence-electron chi connectivity index (χ3n) is 4.80. The smallest absolute Gasteiger partial charge is 0.307 e. The van der Waals surface area contributed by atoms with Gasteiger partial charge >= 0.3 is 5.97 Å². The predicted octanol–water partition coefficient (Wildman–Crippen LogP) is 4.22. The summed E-state index contributed by atoms with van der Waals surface area (Å²) in [6.45, 7) is 2.08. The summed E-state index contributed by atoms with van der Waals surface area (Å²) in [5.74, 6) is -1.44. The van der Waals surface area contributed by atoms with E-state index >= 15 is 0 Å². The van der Waals surface area contributed by atoms with Crippen LogP contribution in [-0.2, 0) is 14.8 Å². The number of sulfonamides is 1. The van der Waals surface area contributed by atoms with Gasteiger partial charge in [-0.25, -0.2) is 12.8 Å². The van der Waals surface area contributed by atoms with E-state index < -0.39 is 27.5 Å². The van der Waals surface area contributed by atoms with Gasteiger partial charge in [-0.15, -0.1) is 0 Å². The van der Waals surface area contributed by atoms with Crippen molar-refractivity contribution in [3.05, 3.63) is 48.3 Å². The molecule has 0 fully saturated rings. The Morgan fingerprint density at radius 3 is 2.45 bits per heavy atom. The number of nitrogens with one attached hydrogen (secondary N) is 3. The fourth-order valence-electron chi connectivity index (χ4n) is 3.43. The largest absolute Gasteiger partial charge is 0.481 e. The fourth-order valence-corrected chi connectivity index (χ4v) is 4.48. The van der Waals surface area contributed by atoms with Gasteiger partial charge in [-0.3, -0.25) is 9.52 Å². The molecule has 1 atom stereocenters. The van der Waals surface area contributed by atoms with E-state index in [2.05, 4.69) is 22.3 Å². The summed E-state index contributed by atoms with van der Waals surface area (Å²) >= 11 is 0. The van der Waals surface area contributed by atoms with Crippen LogP contribution in [-0.4, -0.2) is 25.2 Å². The van der Waals surface area contributed by atoms with Crippen LogP contribution in [0, 0.1) is 5.82 Å². The number of unbranched alkanes of at least 4 members (excludes halogenated alkanes) is 2. The molecule has 1 heterocycles. The lowest BCUT2D eigenvalue weighted by molar-refractivity contribution is -0.138. The van der Waals surface area contributed by atoms with Crippen molar-refractivity contribution in [1.82, 2.24) is 0 Å². The van der Waals surface area contributed by atoms with Gasteiger partial charge in [-0.2, -0.15) is 0 Å². The first kappa shape index (κ1) is 20.9. The molecule has 9 heteroatoms. The molecule has 0 radical (unpaired) electrons. The van der Waals surface area contributed by atoms with E-state index in [1.165, 1.54) is 12.1 Å². The van der Waals surface area contributed by atoms with Crippen LogP contribution in [0.3, 0.4) is 0 Å². The lowest BCUT2D eigenvalue weighted by atomic mass is 9.98. The average Bonchev–Trinajstić information content (AvgIpc) is 2.98. The highest BCUT2D eigenvalue weighted by molar-refractivity contribution is 7.92. The Kier molecular flexibility index (Phi) is 5.97. The van der Waals surface area contributed by atoms with E-state index in [-0.39, 0.29) is 11.3 Å². The number of hydrogen-bond acceptors (Lipinski definition) is 5. The van der Waals surface area contributed by atoms with Crippen LogP contribution in [0.25, 0.3) is 0 Å². The van der Waals surface area contributed by atoms with E-state index in [0.29, 0.717) is 23.5 Å². The zero-order valence-corrected chi connectivity index (χ0v) is 16.9. The van der Waals surface area contributed by atoms with Gasteiger partial charge in [0.2, 0.25) is 0 Å².